The predicted octanol–water partition coefficient (Wildman–Crippen LogP) is 3.04. The van der Waals surface area contributed by atoms with E-state index in [0.29, 0.717) is 23.0 Å². The number of rotatable bonds is 8. The molecule has 1 unspecified atom stereocenters. The highest BCUT2D eigenvalue weighted by atomic mass is 32.2. The molecule has 0 saturated carbocycles. The molecule has 1 amide bonds. The fourth-order valence-electron chi connectivity index (χ4n) is 2.58. The van der Waals surface area contributed by atoms with Crippen LogP contribution in [0.4, 0.5) is 0 Å². The van der Waals surface area contributed by atoms with E-state index in [1.165, 1.54) is 0 Å². The first-order valence-electron chi connectivity index (χ1n) is 7.36. The minimum absolute atomic E-state index is 0.0425. The Balaban J connectivity index is 2.32. The van der Waals surface area contributed by atoms with Crippen LogP contribution in [0.15, 0.2) is 12.1 Å². The molecule has 2 rings (SSSR count). The molecule has 128 valence electrons. The number of ether oxygens (including phenoxy) is 3. The number of carbonyl (C=O) groups is 1. The molecule has 0 aromatic heterocycles. The highest BCUT2D eigenvalue weighted by molar-refractivity contribution is 8.00. The van der Waals surface area contributed by atoms with Crippen LogP contribution in [0.3, 0.4) is 0 Å². The zero-order valence-corrected chi connectivity index (χ0v) is 15.6. The molecular weight excluding hydrogens is 334 g/mol. The Hall–Kier alpha value is -1.21. The average molecular weight is 357 g/mol. The molecule has 0 spiro atoms. The number of benzene rings is 1. The Morgan fingerprint density at radius 3 is 2.43 bits per heavy atom. The minimum atomic E-state index is -0.0425. The van der Waals surface area contributed by atoms with E-state index in [2.05, 4.69) is 6.26 Å². The van der Waals surface area contributed by atoms with E-state index in [9.17, 15) is 4.79 Å². The summed E-state index contributed by atoms with van der Waals surface area (Å²) < 4.78 is 16.2. The predicted molar refractivity (Wildman–Crippen MR) is 96.0 cm³/mol. The molecule has 1 heterocycles. The van der Waals surface area contributed by atoms with Gasteiger partial charge in [-0.05, 0) is 24.5 Å². The summed E-state index contributed by atoms with van der Waals surface area (Å²) in [6, 6.07) is 3.73. The van der Waals surface area contributed by atoms with E-state index >= 15 is 0 Å². The molecule has 1 aromatic carbocycles. The summed E-state index contributed by atoms with van der Waals surface area (Å²) in [5.41, 5.74) is 0.949. The van der Waals surface area contributed by atoms with Crippen molar-refractivity contribution in [3.63, 3.8) is 0 Å². The highest BCUT2D eigenvalue weighted by Gasteiger charge is 2.34. The van der Waals surface area contributed by atoms with Gasteiger partial charge >= 0.3 is 0 Å². The Morgan fingerprint density at radius 1 is 1.17 bits per heavy atom. The smallest absolute Gasteiger partial charge is 0.233 e. The Morgan fingerprint density at radius 2 is 1.83 bits per heavy atom. The lowest BCUT2D eigenvalue weighted by molar-refractivity contribution is -0.128. The maximum absolute atomic E-state index is 12.2. The van der Waals surface area contributed by atoms with Crippen molar-refractivity contribution in [1.29, 1.82) is 0 Å². The quantitative estimate of drug-likeness (QED) is 0.667. The summed E-state index contributed by atoms with van der Waals surface area (Å²) in [6.07, 6.45) is 3.06. The van der Waals surface area contributed by atoms with Gasteiger partial charge in [0.2, 0.25) is 5.91 Å². The third kappa shape index (κ3) is 4.01. The first kappa shape index (κ1) is 18.1. The molecule has 1 atom stereocenters. The van der Waals surface area contributed by atoms with Gasteiger partial charge in [-0.25, -0.2) is 0 Å². The Kier molecular flexibility index (Phi) is 6.77. The Labute approximate surface area is 146 Å². The number of thioether (sulfide) groups is 2. The maximum Gasteiger partial charge on any atom is 0.233 e. The normalized spacial score (nSPS) is 17.5. The first-order chi connectivity index (χ1) is 11.2. The van der Waals surface area contributed by atoms with Gasteiger partial charge in [0.25, 0.3) is 0 Å². The number of hydrogen-bond donors (Lipinski definition) is 0. The van der Waals surface area contributed by atoms with Gasteiger partial charge in [0.05, 0.1) is 27.1 Å². The number of amides is 1. The summed E-state index contributed by atoms with van der Waals surface area (Å²) in [5, 5.41) is -0.0425. The third-order valence-corrected chi connectivity index (χ3v) is 5.65. The lowest BCUT2D eigenvalue weighted by Crippen LogP contribution is -2.29. The van der Waals surface area contributed by atoms with Crippen LogP contribution in [0.1, 0.15) is 17.4 Å². The second-order valence-corrected chi connectivity index (χ2v) is 7.10. The molecule has 1 fully saturated rings. The van der Waals surface area contributed by atoms with Crippen molar-refractivity contribution in [2.24, 2.45) is 0 Å². The first-order valence-corrected chi connectivity index (χ1v) is 9.80. The van der Waals surface area contributed by atoms with Gasteiger partial charge in [0, 0.05) is 18.2 Å². The molecule has 5 nitrogen and oxygen atoms in total. The van der Waals surface area contributed by atoms with Crippen molar-refractivity contribution in [2.75, 3.05) is 45.6 Å². The Bertz CT molecular complexity index is 553. The standard InChI is InChI=1S/C16H23NO4S2/c1-19-12-9-14(21-3)13(20-2)8-11(12)16-17(6-5-7-22-4)15(18)10-23-16/h8-9,16H,5-7,10H2,1-4H3. The van der Waals surface area contributed by atoms with Crippen LogP contribution in [0.2, 0.25) is 0 Å². The van der Waals surface area contributed by atoms with Crippen LogP contribution in [0.5, 0.6) is 17.2 Å². The summed E-state index contributed by atoms with van der Waals surface area (Å²) in [6.45, 7) is 0.759. The molecule has 0 aliphatic carbocycles. The molecule has 7 heteroatoms. The van der Waals surface area contributed by atoms with Gasteiger partial charge in [-0.1, -0.05) is 0 Å². The van der Waals surface area contributed by atoms with Crippen LogP contribution < -0.4 is 14.2 Å². The zero-order valence-electron chi connectivity index (χ0n) is 14.0. The van der Waals surface area contributed by atoms with Gasteiger partial charge in [0.1, 0.15) is 11.1 Å². The maximum atomic E-state index is 12.2. The van der Waals surface area contributed by atoms with E-state index in [-0.39, 0.29) is 11.3 Å². The molecular formula is C16H23NO4S2. The number of hydrogen-bond acceptors (Lipinski definition) is 6. The van der Waals surface area contributed by atoms with Crippen molar-refractivity contribution in [2.45, 2.75) is 11.8 Å². The zero-order chi connectivity index (χ0) is 16.8. The number of carbonyl (C=O) groups excluding carboxylic acids is 1. The van der Waals surface area contributed by atoms with Crippen LogP contribution in [0, 0.1) is 0 Å². The summed E-state index contributed by atoms with van der Waals surface area (Å²) in [5.74, 6) is 3.71. The third-order valence-electron chi connectivity index (χ3n) is 3.72. The lowest BCUT2D eigenvalue weighted by atomic mass is 10.1. The van der Waals surface area contributed by atoms with E-state index in [4.69, 9.17) is 14.2 Å². The molecule has 1 aliphatic heterocycles. The summed E-state index contributed by atoms with van der Waals surface area (Å²) >= 11 is 3.42. The highest BCUT2D eigenvalue weighted by Crippen LogP contribution is 2.46. The van der Waals surface area contributed by atoms with Gasteiger partial charge < -0.3 is 19.1 Å². The number of methoxy groups -OCH3 is 3. The molecule has 1 aromatic rings. The van der Waals surface area contributed by atoms with Crippen molar-refractivity contribution in [3.05, 3.63) is 17.7 Å². The van der Waals surface area contributed by atoms with Crippen LogP contribution in [-0.4, -0.2) is 56.4 Å². The van der Waals surface area contributed by atoms with Crippen LogP contribution in [0.25, 0.3) is 0 Å². The average Bonchev–Trinajstić information content (AvgIpc) is 2.94. The van der Waals surface area contributed by atoms with Gasteiger partial charge in [-0.3, -0.25) is 4.79 Å². The molecule has 0 N–H and O–H groups in total. The van der Waals surface area contributed by atoms with Crippen molar-refractivity contribution in [3.8, 4) is 17.2 Å². The van der Waals surface area contributed by atoms with E-state index in [1.807, 2.05) is 17.0 Å². The lowest BCUT2D eigenvalue weighted by Gasteiger charge is -2.26. The second kappa shape index (κ2) is 8.59. The van der Waals surface area contributed by atoms with Gasteiger partial charge in [-0.15, -0.1) is 11.8 Å². The largest absolute Gasteiger partial charge is 0.496 e. The van der Waals surface area contributed by atoms with Crippen LogP contribution in [-0.2, 0) is 4.79 Å². The molecule has 0 radical (unpaired) electrons. The summed E-state index contributed by atoms with van der Waals surface area (Å²) in [7, 11) is 4.83. The number of nitrogens with zero attached hydrogens (tertiary/aromatic N) is 1. The monoisotopic (exact) mass is 357 g/mol. The summed E-state index contributed by atoms with van der Waals surface area (Å²) in [4.78, 5) is 14.2. The molecule has 0 bridgehead atoms. The fourth-order valence-corrected chi connectivity index (χ4v) is 4.23. The van der Waals surface area contributed by atoms with Crippen molar-refractivity contribution in [1.82, 2.24) is 4.90 Å². The molecule has 1 saturated heterocycles. The molecule has 23 heavy (non-hydrogen) atoms. The molecule has 1 aliphatic rings. The van der Waals surface area contributed by atoms with Gasteiger partial charge in [-0.2, -0.15) is 11.8 Å². The second-order valence-electron chi connectivity index (χ2n) is 5.05. The van der Waals surface area contributed by atoms with Crippen molar-refractivity contribution < 1.29 is 19.0 Å². The van der Waals surface area contributed by atoms with Crippen LogP contribution >= 0.6 is 23.5 Å². The van der Waals surface area contributed by atoms with Crippen molar-refractivity contribution >= 4 is 29.4 Å². The van der Waals surface area contributed by atoms with Gasteiger partial charge in [0.15, 0.2) is 11.5 Å². The van der Waals surface area contributed by atoms with E-state index < -0.39 is 0 Å². The fraction of sp³-hybridized carbons (Fsp3) is 0.562. The van der Waals surface area contributed by atoms with E-state index in [1.54, 1.807) is 44.9 Å². The SMILES string of the molecule is COc1cc(OC)c(C2SCC(=O)N2CCCSC)cc1OC. The van der Waals surface area contributed by atoms with E-state index in [0.717, 1.165) is 24.3 Å². The topological polar surface area (TPSA) is 48.0 Å². The minimum Gasteiger partial charge on any atom is -0.496 e.